The van der Waals surface area contributed by atoms with Gasteiger partial charge in [-0.15, -0.1) is 10.2 Å². The van der Waals surface area contributed by atoms with Crippen molar-refractivity contribution in [2.24, 2.45) is 0 Å². The monoisotopic (exact) mass is 359 g/mol. The smallest absolute Gasteiger partial charge is 0.342 e. The van der Waals surface area contributed by atoms with Crippen molar-refractivity contribution in [3.05, 3.63) is 52.0 Å². The molecule has 0 radical (unpaired) electrons. The number of hydrogen-bond donors (Lipinski definition) is 1. The lowest BCUT2D eigenvalue weighted by Crippen LogP contribution is -2.12. The highest BCUT2D eigenvalue weighted by molar-refractivity contribution is 7.99. The number of imidazole rings is 1. The molecule has 2 heterocycles. The summed E-state index contributed by atoms with van der Waals surface area (Å²) in [6.07, 6.45) is 1.26. The molecule has 3 rings (SSSR count). The number of nitrogens with two attached hydrogens (primary N) is 1. The van der Waals surface area contributed by atoms with Crippen molar-refractivity contribution in [2.75, 3.05) is 11.6 Å². The minimum absolute atomic E-state index is 0.0207. The molecule has 0 fully saturated rings. The number of nitrogens with zero attached hydrogens (tertiary/aromatic N) is 6. The molecule has 0 saturated heterocycles. The molecule has 9 nitrogen and oxygen atoms in total. The van der Waals surface area contributed by atoms with Gasteiger partial charge in [0, 0.05) is 18.2 Å². The summed E-state index contributed by atoms with van der Waals surface area (Å²) in [5.41, 5.74) is 2.03. The fraction of sp³-hybridized carbons (Fsp3) is 0.267. The fourth-order valence-electron chi connectivity index (χ4n) is 2.38. The van der Waals surface area contributed by atoms with E-state index in [-0.39, 0.29) is 5.82 Å². The van der Waals surface area contributed by atoms with E-state index in [1.807, 2.05) is 31.2 Å². The lowest BCUT2D eigenvalue weighted by atomic mass is 10.1. The van der Waals surface area contributed by atoms with Gasteiger partial charge in [-0.3, -0.25) is 0 Å². The van der Waals surface area contributed by atoms with E-state index < -0.39 is 4.92 Å². The first-order valence-electron chi connectivity index (χ1n) is 7.54. The maximum absolute atomic E-state index is 11.0. The summed E-state index contributed by atoms with van der Waals surface area (Å²) < 4.78 is 3.00. The average molecular weight is 359 g/mol. The first-order valence-corrected chi connectivity index (χ1v) is 8.53. The van der Waals surface area contributed by atoms with E-state index in [2.05, 4.69) is 15.2 Å². The van der Waals surface area contributed by atoms with Crippen LogP contribution in [0.1, 0.15) is 11.4 Å². The van der Waals surface area contributed by atoms with E-state index in [1.165, 1.54) is 22.6 Å². The molecule has 10 heteroatoms. The Balaban J connectivity index is 1.70. The highest BCUT2D eigenvalue weighted by Crippen LogP contribution is 2.23. The highest BCUT2D eigenvalue weighted by Gasteiger charge is 2.18. The van der Waals surface area contributed by atoms with E-state index >= 15 is 0 Å². The SMILES string of the molecule is Cc1ccc(-c2nnc(SCCn3c([N+](=O)[O-])cnc3C)n2N)cc1. The second kappa shape index (κ2) is 6.93. The van der Waals surface area contributed by atoms with Gasteiger partial charge in [0.1, 0.15) is 12.7 Å². The Kier molecular flexibility index (Phi) is 4.70. The van der Waals surface area contributed by atoms with Crippen LogP contribution in [0.15, 0.2) is 35.6 Å². The molecule has 0 aliphatic heterocycles. The van der Waals surface area contributed by atoms with Crippen LogP contribution in [0.3, 0.4) is 0 Å². The van der Waals surface area contributed by atoms with Crippen molar-refractivity contribution in [1.82, 2.24) is 24.4 Å². The largest absolute Gasteiger partial charge is 0.358 e. The predicted molar refractivity (Wildman–Crippen MR) is 94.7 cm³/mol. The first-order chi connectivity index (χ1) is 12.0. The van der Waals surface area contributed by atoms with E-state index in [0.717, 1.165) is 11.1 Å². The molecule has 0 aliphatic rings. The molecular formula is C15H17N7O2S. The summed E-state index contributed by atoms with van der Waals surface area (Å²) in [6, 6.07) is 7.85. The van der Waals surface area contributed by atoms with Crippen molar-refractivity contribution < 1.29 is 4.92 Å². The van der Waals surface area contributed by atoms with Crippen LogP contribution in [0.25, 0.3) is 11.4 Å². The Morgan fingerprint density at radius 2 is 1.96 bits per heavy atom. The van der Waals surface area contributed by atoms with Gasteiger partial charge in [0.15, 0.2) is 11.6 Å². The zero-order valence-corrected chi connectivity index (χ0v) is 14.6. The second-order valence-corrected chi connectivity index (χ2v) is 6.53. The van der Waals surface area contributed by atoms with Gasteiger partial charge in [0.05, 0.1) is 0 Å². The molecule has 0 bridgehead atoms. The van der Waals surface area contributed by atoms with Crippen molar-refractivity contribution in [2.45, 2.75) is 25.5 Å². The molecule has 2 aromatic heterocycles. The van der Waals surface area contributed by atoms with E-state index in [4.69, 9.17) is 5.84 Å². The standard InChI is InChI=1S/C15H17N7O2S/c1-10-3-5-12(6-4-10)14-18-19-15(21(14)16)25-8-7-20-11(2)17-9-13(20)22(23)24/h3-6,9H,7-8,16H2,1-2H3. The van der Waals surface area contributed by atoms with Gasteiger partial charge in [0.2, 0.25) is 5.16 Å². The van der Waals surface area contributed by atoms with Crippen molar-refractivity contribution in [1.29, 1.82) is 0 Å². The molecule has 130 valence electrons. The number of thioether (sulfide) groups is 1. The highest BCUT2D eigenvalue weighted by atomic mass is 32.2. The average Bonchev–Trinajstić information content (AvgIpc) is 3.13. The lowest BCUT2D eigenvalue weighted by molar-refractivity contribution is -0.392. The van der Waals surface area contributed by atoms with Crippen LogP contribution in [-0.4, -0.2) is 35.1 Å². The number of rotatable bonds is 6. The molecule has 25 heavy (non-hydrogen) atoms. The predicted octanol–water partition coefficient (Wildman–Crippen LogP) is 2.17. The Morgan fingerprint density at radius 3 is 2.64 bits per heavy atom. The van der Waals surface area contributed by atoms with Gasteiger partial charge < -0.3 is 16.0 Å². The molecule has 3 aromatic rings. The van der Waals surface area contributed by atoms with Gasteiger partial charge in [-0.2, -0.15) is 0 Å². The normalized spacial score (nSPS) is 11.0. The Labute approximate surface area is 148 Å². The molecule has 0 atom stereocenters. The summed E-state index contributed by atoms with van der Waals surface area (Å²) in [4.78, 5) is 14.5. The maximum atomic E-state index is 11.0. The molecule has 1 aromatic carbocycles. The van der Waals surface area contributed by atoms with Crippen LogP contribution in [-0.2, 0) is 6.54 Å². The number of benzene rings is 1. The third-order valence-corrected chi connectivity index (χ3v) is 4.66. The molecule has 0 spiro atoms. The quantitative estimate of drug-likeness (QED) is 0.310. The van der Waals surface area contributed by atoms with E-state index in [9.17, 15) is 10.1 Å². The lowest BCUT2D eigenvalue weighted by Gasteiger charge is -2.05. The Bertz CT molecular complexity index is 901. The van der Waals surface area contributed by atoms with E-state index in [0.29, 0.717) is 29.1 Å². The minimum Gasteiger partial charge on any atom is -0.358 e. The number of aromatic nitrogens is 5. The number of aryl methyl sites for hydroxylation is 2. The van der Waals surface area contributed by atoms with Gasteiger partial charge in [-0.05, 0) is 11.8 Å². The van der Waals surface area contributed by atoms with Crippen LogP contribution in [0, 0.1) is 24.0 Å². The molecule has 0 saturated carbocycles. The number of nitrogen functional groups attached to an aromatic ring is 1. The van der Waals surface area contributed by atoms with Gasteiger partial charge >= 0.3 is 5.82 Å². The summed E-state index contributed by atoms with van der Waals surface area (Å²) in [5.74, 6) is 7.80. The zero-order valence-electron chi connectivity index (χ0n) is 13.8. The number of nitro groups is 1. The van der Waals surface area contributed by atoms with Gasteiger partial charge in [-0.1, -0.05) is 41.6 Å². The third-order valence-electron chi connectivity index (χ3n) is 3.74. The molecule has 2 N–H and O–H groups in total. The topological polar surface area (TPSA) is 118 Å². The zero-order chi connectivity index (χ0) is 18.0. The maximum Gasteiger partial charge on any atom is 0.342 e. The summed E-state index contributed by atoms with van der Waals surface area (Å²) in [5, 5.41) is 19.8. The Morgan fingerprint density at radius 1 is 1.24 bits per heavy atom. The molecule has 0 amide bonds. The summed E-state index contributed by atoms with van der Waals surface area (Å²) in [7, 11) is 0. The minimum atomic E-state index is -0.439. The summed E-state index contributed by atoms with van der Waals surface area (Å²) in [6.45, 7) is 4.17. The fourth-order valence-corrected chi connectivity index (χ4v) is 3.16. The molecular weight excluding hydrogens is 342 g/mol. The van der Waals surface area contributed by atoms with Crippen molar-refractivity contribution >= 4 is 17.6 Å². The number of hydrogen-bond acceptors (Lipinski definition) is 7. The Hall–Kier alpha value is -2.88. The summed E-state index contributed by atoms with van der Waals surface area (Å²) >= 11 is 1.39. The first kappa shape index (κ1) is 17.0. The van der Waals surface area contributed by atoms with Crippen LogP contribution in [0.2, 0.25) is 0 Å². The van der Waals surface area contributed by atoms with Crippen LogP contribution < -0.4 is 5.84 Å². The molecule has 0 unspecified atom stereocenters. The van der Waals surface area contributed by atoms with Gasteiger partial charge in [0.25, 0.3) is 0 Å². The van der Waals surface area contributed by atoms with Crippen molar-refractivity contribution in [3.8, 4) is 11.4 Å². The van der Waals surface area contributed by atoms with Crippen LogP contribution in [0.4, 0.5) is 5.82 Å². The van der Waals surface area contributed by atoms with Gasteiger partial charge in [-0.25, -0.2) is 14.2 Å². The van der Waals surface area contributed by atoms with Crippen LogP contribution >= 0.6 is 11.8 Å². The van der Waals surface area contributed by atoms with Crippen molar-refractivity contribution in [3.63, 3.8) is 0 Å². The molecule has 0 aliphatic carbocycles. The van der Waals surface area contributed by atoms with Crippen LogP contribution in [0.5, 0.6) is 0 Å². The van der Waals surface area contributed by atoms with E-state index in [1.54, 1.807) is 11.5 Å². The third kappa shape index (κ3) is 3.48. The second-order valence-electron chi connectivity index (χ2n) is 5.46.